The Morgan fingerprint density at radius 1 is 1.24 bits per heavy atom. The van der Waals surface area contributed by atoms with Crippen molar-refractivity contribution < 1.29 is 14.6 Å². The number of rotatable bonds is 8. The third-order valence-corrected chi connectivity index (χ3v) is 5.35. The van der Waals surface area contributed by atoms with Crippen molar-refractivity contribution in [3.63, 3.8) is 0 Å². The first kappa shape index (κ1) is 21.1. The zero-order valence-corrected chi connectivity index (χ0v) is 17.2. The lowest BCUT2D eigenvalue weighted by molar-refractivity contribution is 0.0340. The minimum atomic E-state index is 0.0300. The van der Waals surface area contributed by atoms with Gasteiger partial charge in [-0.15, -0.1) is 0 Å². The van der Waals surface area contributed by atoms with Crippen LogP contribution in [-0.4, -0.2) is 68.5 Å². The van der Waals surface area contributed by atoms with Crippen LogP contribution in [0.25, 0.3) is 0 Å². The van der Waals surface area contributed by atoms with Crippen LogP contribution in [0.1, 0.15) is 22.6 Å². The maximum atomic E-state index is 10.5. The average Bonchev–Trinajstić information content (AvgIpc) is 2.75. The first-order valence-corrected chi connectivity index (χ1v) is 9.92. The molecule has 154 valence electrons. The second-order valence-corrected chi connectivity index (χ2v) is 7.43. The van der Waals surface area contributed by atoms with Crippen molar-refractivity contribution in [2.75, 3.05) is 53.6 Å². The van der Waals surface area contributed by atoms with Crippen LogP contribution in [0.15, 0.2) is 42.5 Å². The number of likely N-dealkylation sites (N-methyl/N-ethyl adjacent to an activating group) is 1. The van der Waals surface area contributed by atoms with Gasteiger partial charge in [0.25, 0.3) is 0 Å². The molecule has 6 heteroatoms. The Morgan fingerprint density at radius 3 is 2.62 bits per heavy atom. The monoisotopic (exact) mass is 395 g/mol. The van der Waals surface area contributed by atoms with E-state index in [1.54, 1.807) is 7.11 Å². The lowest BCUT2D eigenvalue weighted by atomic mass is 9.87. The largest absolute Gasteiger partial charge is 0.504 e. The van der Waals surface area contributed by atoms with E-state index in [1.165, 1.54) is 0 Å². The van der Waals surface area contributed by atoms with Crippen LogP contribution < -0.4 is 4.74 Å². The number of hydrogen-bond acceptors (Lipinski definition) is 6. The highest BCUT2D eigenvalue weighted by Gasteiger charge is 2.23. The van der Waals surface area contributed by atoms with Crippen LogP contribution in [0.2, 0.25) is 0 Å². The molecule has 2 aromatic carbocycles. The molecule has 1 atom stereocenters. The maximum absolute atomic E-state index is 10.5. The molecule has 0 saturated carbocycles. The van der Waals surface area contributed by atoms with Gasteiger partial charge in [0.1, 0.15) is 0 Å². The molecule has 6 nitrogen and oxygen atoms in total. The summed E-state index contributed by atoms with van der Waals surface area (Å²) in [5.74, 6) is 0.647. The fourth-order valence-corrected chi connectivity index (χ4v) is 3.82. The van der Waals surface area contributed by atoms with E-state index in [0.717, 1.165) is 49.5 Å². The zero-order chi connectivity index (χ0) is 20.6. The van der Waals surface area contributed by atoms with Gasteiger partial charge in [0, 0.05) is 32.1 Å². The molecule has 1 aliphatic rings. The van der Waals surface area contributed by atoms with Crippen molar-refractivity contribution >= 4 is 0 Å². The second-order valence-electron chi connectivity index (χ2n) is 7.43. The molecule has 2 aromatic rings. The molecule has 3 rings (SSSR count). The van der Waals surface area contributed by atoms with Crippen molar-refractivity contribution in [3.05, 3.63) is 59.2 Å². The van der Waals surface area contributed by atoms with E-state index in [-0.39, 0.29) is 11.7 Å². The number of benzene rings is 2. The summed E-state index contributed by atoms with van der Waals surface area (Å²) in [5, 5.41) is 19.6. The quantitative estimate of drug-likeness (QED) is 0.693. The topological polar surface area (TPSA) is 69.0 Å². The smallest absolute Gasteiger partial charge is 0.160 e. The highest BCUT2D eigenvalue weighted by molar-refractivity contribution is 5.50. The van der Waals surface area contributed by atoms with Gasteiger partial charge in [-0.3, -0.25) is 9.80 Å². The fourth-order valence-electron chi connectivity index (χ4n) is 3.82. The van der Waals surface area contributed by atoms with E-state index in [2.05, 4.69) is 23.1 Å². The van der Waals surface area contributed by atoms with Crippen LogP contribution in [0, 0.1) is 11.3 Å². The third-order valence-electron chi connectivity index (χ3n) is 5.35. The minimum absolute atomic E-state index is 0.0300. The van der Waals surface area contributed by atoms with Gasteiger partial charge < -0.3 is 14.6 Å². The molecule has 1 N–H and O–H groups in total. The molecule has 1 saturated heterocycles. The van der Waals surface area contributed by atoms with Crippen LogP contribution in [0.3, 0.4) is 0 Å². The van der Waals surface area contributed by atoms with Crippen LogP contribution in [-0.2, 0) is 11.3 Å². The SMILES string of the molecule is COc1cc(CN2CCOCC2)c(C(CN(C)CC#N)c2ccccc2)cc1O. The average molecular weight is 396 g/mol. The fraction of sp³-hybridized carbons (Fsp3) is 0.435. The van der Waals surface area contributed by atoms with Crippen molar-refractivity contribution in [2.24, 2.45) is 0 Å². The molecule has 29 heavy (non-hydrogen) atoms. The highest BCUT2D eigenvalue weighted by atomic mass is 16.5. The summed E-state index contributed by atoms with van der Waals surface area (Å²) in [6, 6.07) is 16.2. The highest BCUT2D eigenvalue weighted by Crippen LogP contribution is 2.37. The van der Waals surface area contributed by atoms with E-state index in [1.807, 2.05) is 42.3 Å². The Bertz CT molecular complexity index is 829. The maximum Gasteiger partial charge on any atom is 0.160 e. The number of nitrogens with zero attached hydrogens (tertiary/aromatic N) is 3. The van der Waals surface area contributed by atoms with Crippen LogP contribution in [0.5, 0.6) is 11.5 Å². The molecule has 1 fully saturated rings. The Hall–Kier alpha value is -2.59. The Kier molecular flexibility index (Phi) is 7.48. The molecule has 0 aliphatic carbocycles. The van der Waals surface area contributed by atoms with E-state index in [9.17, 15) is 5.11 Å². The molecule has 1 heterocycles. The summed E-state index contributed by atoms with van der Waals surface area (Å²) in [6.07, 6.45) is 0. The predicted molar refractivity (Wildman–Crippen MR) is 112 cm³/mol. The first-order valence-electron chi connectivity index (χ1n) is 9.92. The van der Waals surface area contributed by atoms with Gasteiger partial charge in [0.2, 0.25) is 0 Å². The normalized spacial score (nSPS) is 15.8. The van der Waals surface area contributed by atoms with E-state index in [4.69, 9.17) is 14.7 Å². The molecule has 1 unspecified atom stereocenters. The number of ether oxygens (including phenoxy) is 2. The lowest BCUT2D eigenvalue weighted by Gasteiger charge is -2.30. The second kappa shape index (κ2) is 10.3. The number of nitriles is 1. The van der Waals surface area contributed by atoms with E-state index in [0.29, 0.717) is 18.8 Å². The first-order chi connectivity index (χ1) is 14.1. The number of morpholine rings is 1. The lowest BCUT2D eigenvalue weighted by Crippen LogP contribution is -2.36. The Balaban J connectivity index is 2.02. The van der Waals surface area contributed by atoms with Crippen LogP contribution in [0.4, 0.5) is 0 Å². The minimum Gasteiger partial charge on any atom is -0.504 e. The summed E-state index contributed by atoms with van der Waals surface area (Å²) in [6.45, 7) is 5.03. The van der Waals surface area contributed by atoms with Gasteiger partial charge in [-0.2, -0.15) is 5.26 Å². The number of phenolic OH excluding ortho intramolecular Hbond substituents is 1. The van der Waals surface area contributed by atoms with Gasteiger partial charge in [-0.05, 0) is 35.9 Å². The number of hydrogen-bond donors (Lipinski definition) is 1. The molecule has 0 aromatic heterocycles. The number of aromatic hydroxyl groups is 1. The predicted octanol–water partition coefficient (Wildman–Crippen LogP) is 2.82. The molecule has 0 radical (unpaired) electrons. The van der Waals surface area contributed by atoms with Crippen molar-refractivity contribution in [2.45, 2.75) is 12.5 Å². The molecular weight excluding hydrogens is 366 g/mol. The molecule has 0 spiro atoms. The zero-order valence-electron chi connectivity index (χ0n) is 17.2. The molecule has 1 aliphatic heterocycles. The summed E-state index contributed by atoms with van der Waals surface area (Å²) in [4.78, 5) is 4.37. The van der Waals surface area contributed by atoms with Gasteiger partial charge in [-0.25, -0.2) is 0 Å². The van der Waals surface area contributed by atoms with Gasteiger partial charge in [-0.1, -0.05) is 30.3 Å². The van der Waals surface area contributed by atoms with E-state index >= 15 is 0 Å². The Labute approximate surface area is 172 Å². The van der Waals surface area contributed by atoms with Crippen LogP contribution >= 0.6 is 0 Å². The molecule has 0 bridgehead atoms. The summed E-state index contributed by atoms with van der Waals surface area (Å²) >= 11 is 0. The number of phenols is 1. The van der Waals surface area contributed by atoms with Crippen molar-refractivity contribution in [1.29, 1.82) is 5.26 Å². The Morgan fingerprint density at radius 2 is 1.97 bits per heavy atom. The molecular formula is C23H29N3O3. The van der Waals surface area contributed by atoms with Crippen molar-refractivity contribution in [1.82, 2.24) is 9.80 Å². The van der Waals surface area contributed by atoms with Gasteiger partial charge in [0.05, 0.1) is 32.9 Å². The summed E-state index contributed by atoms with van der Waals surface area (Å²) in [7, 11) is 3.52. The van der Waals surface area contributed by atoms with Crippen molar-refractivity contribution in [3.8, 4) is 17.6 Å². The number of methoxy groups -OCH3 is 1. The summed E-state index contributed by atoms with van der Waals surface area (Å²) < 4.78 is 10.9. The van der Waals surface area contributed by atoms with Gasteiger partial charge >= 0.3 is 0 Å². The van der Waals surface area contributed by atoms with E-state index < -0.39 is 0 Å². The third kappa shape index (κ3) is 5.48. The standard InChI is InChI=1S/C23H29N3O3/c1-25(9-8-24)17-21(18-6-4-3-5-7-18)20-15-22(27)23(28-2)14-19(20)16-26-10-12-29-13-11-26/h3-7,14-15,21,27H,9-13,16-17H2,1-2H3. The van der Waals surface area contributed by atoms with Gasteiger partial charge in [0.15, 0.2) is 11.5 Å². The molecule has 0 amide bonds. The summed E-state index contributed by atoms with van der Waals surface area (Å²) in [5.41, 5.74) is 3.34.